The van der Waals surface area contributed by atoms with Crippen LogP contribution in [0.15, 0.2) is 22.7 Å². The summed E-state index contributed by atoms with van der Waals surface area (Å²) in [6, 6.07) is 4.40. The zero-order valence-electron chi connectivity index (χ0n) is 10.1. The average Bonchev–Trinajstić information content (AvgIpc) is 2.38. The fraction of sp³-hybridized carbons (Fsp3) is 0.417. The Bertz CT molecular complexity index is 512. The number of carbonyl (C=O) groups excluding carboxylic acids is 1. The first kappa shape index (κ1) is 14.0. The summed E-state index contributed by atoms with van der Waals surface area (Å²) >= 11 is 3.12. The molecule has 1 aliphatic rings. The summed E-state index contributed by atoms with van der Waals surface area (Å²) in [5.74, 6) is -0.248. The maximum Gasteiger partial charge on any atom is 0.284 e. The SMILES string of the molecule is O=C(c1cccc([N+](=O)[O-])c1Br)N1CCC(O)CC1. The second-order valence-corrected chi connectivity index (χ2v) is 5.21. The molecule has 0 bridgehead atoms. The van der Waals surface area contributed by atoms with E-state index in [-0.39, 0.29) is 27.7 Å². The van der Waals surface area contributed by atoms with Crippen LogP contribution >= 0.6 is 15.9 Å². The van der Waals surface area contributed by atoms with Crippen LogP contribution < -0.4 is 0 Å². The predicted molar refractivity (Wildman–Crippen MR) is 71.9 cm³/mol. The molecule has 0 unspecified atom stereocenters. The Morgan fingerprint density at radius 2 is 2.05 bits per heavy atom. The minimum Gasteiger partial charge on any atom is -0.393 e. The fourth-order valence-corrected chi connectivity index (χ4v) is 2.64. The van der Waals surface area contributed by atoms with E-state index in [2.05, 4.69) is 15.9 Å². The maximum atomic E-state index is 12.3. The van der Waals surface area contributed by atoms with Gasteiger partial charge in [-0.1, -0.05) is 6.07 Å². The van der Waals surface area contributed by atoms with Gasteiger partial charge in [-0.25, -0.2) is 0 Å². The van der Waals surface area contributed by atoms with Crippen molar-refractivity contribution >= 4 is 27.5 Å². The Kier molecular flexibility index (Phi) is 4.16. The Morgan fingerprint density at radius 1 is 1.42 bits per heavy atom. The van der Waals surface area contributed by atoms with Gasteiger partial charge in [0.25, 0.3) is 11.6 Å². The van der Waals surface area contributed by atoms with E-state index >= 15 is 0 Å². The summed E-state index contributed by atoms with van der Waals surface area (Å²) in [6.07, 6.45) is 0.717. The summed E-state index contributed by atoms with van der Waals surface area (Å²) < 4.78 is 0.205. The van der Waals surface area contributed by atoms with Crippen molar-refractivity contribution in [1.29, 1.82) is 0 Å². The third kappa shape index (κ3) is 2.93. The number of piperidine rings is 1. The highest BCUT2D eigenvalue weighted by atomic mass is 79.9. The molecule has 1 saturated heterocycles. The standard InChI is InChI=1S/C12H13BrN2O4/c13-11-9(2-1-3-10(11)15(18)19)12(17)14-6-4-8(16)5-7-14/h1-3,8,16H,4-7H2. The first-order valence-corrected chi connectivity index (χ1v) is 6.70. The van der Waals surface area contributed by atoms with Gasteiger partial charge in [0.2, 0.25) is 0 Å². The molecule has 0 atom stereocenters. The summed E-state index contributed by atoms with van der Waals surface area (Å²) in [5, 5.41) is 20.2. The minimum absolute atomic E-state index is 0.122. The minimum atomic E-state index is -0.527. The number of hydrogen-bond donors (Lipinski definition) is 1. The van der Waals surface area contributed by atoms with Crippen LogP contribution in [0.25, 0.3) is 0 Å². The lowest BCUT2D eigenvalue weighted by Crippen LogP contribution is -2.40. The zero-order valence-corrected chi connectivity index (χ0v) is 11.7. The number of likely N-dealkylation sites (tertiary alicyclic amines) is 1. The molecule has 0 radical (unpaired) electrons. The number of nitro groups is 1. The largest absolute Gasteiger partial charge is 0.393 e. The first-order chi connectivity index (χ1) is 9.00. The molecule has 1 aromatic rings. The third-order valence-corrected chi connectivity index (χ3v) is 3.99. The molecule has 2 rings (SSSR count). The van der Waals surface area contributed by atoms with E-state index in [0.717, 1.165) is 0 Å². The van der Waals surface area contributed by atoms with E-state index in [0.29, 0.717) is 25.9 Å². The molecule has 0 saturated carbocycles. The Balaban J connectivity index is 2.24. The highest BCUT2D eigenvalue weighted by molar-refractivity contribution is 9.10. The molecule has 1 amide bonds. The molecule has 1 N–H and O–H groups in total. The molecular weight excluding hydrogens is 316 g/mol. The van der Waals surface area contributed by atoms with Crippen LogP contribution in [0.3, 0.4) is 0 Å². The number of aliphatic hydroxyl groups excluding tert-OH is 1. The number of nitrogens with zero attached hydrogens (tertiary/aromatic N) is 2. The van der Waals surface area contributed by atoms with Gasteiger partial charge in [-0.05, 0) is 34.8 Å². The lowest BCUT2D eigenvalue weighted by atomic mass is 10.1. The van der Waals surface area contributed by atoms with Gasteiger partial charge in [0.05, 0.1) is 16.6 Å². The highest BCUT2D eigenvalue weighted by Crippen LogP contribution is 2.29. The van der Waals surface area contributed by atoms with Crippen LogP contribution in [0.2, 0.25) is 0 Å². The highest BCUT2D eigenvalue weighted by Gasteiger charge is 2.26. The third-order valence-electron chi connectivity index (χ3n) is 3.16. The normalized spacial score (nSPS) is 16.4. The number of rotatable bonds is 2. The number of benzene rings is 1. The van der Waals surface area contributed by atoms with Crippen molar-refractivity contribution in [3.63, 3.8) is 0 Å². The van der Waals surface area contributed by atoms with Crippen LogP contribution in [0.1, 0.15) is 23.2 Å². The molecule has 0 spiro atoms. The first-order valence-electron chi connectivity index (χ1n) is 5.91. The van der Waals surface area contributed by atoms with Crippen molar-refractivity contribution in [1.82, 2.24) is 4.90 Å². The zero-order chi connectivity index (χ0) is 14.0. The fourth-order valence-electron chi connectivity index (χ4n) is 2.07. The molecule has 7 heteroatoms. The van der Waals surface area contributed by atoms with Crippen molar-refractivity contribution in [3.05, 3.63) is 38.3 Å². The van der Waals surface area contributed by atoms with E-state index < -0.39 is 4.92 Å². The number of aliphatic hydroxyl groups is 1. The van der Waals surface area contributed by atoms with E-state index in [1.807, 2.05) is 0 Å². The molecule has 1 aromatic carbocycles. The summed E-state index contributed by atoms with van der Waals surface area (Å²) in [5.41, 5.74) is 0.161. The average molecular weight is 329 g/mol. The van der Waals surface area contributed by atoms with E-state index in [4.69, 9.17) is 0 Å². The second-order valence-electron chi connectivity index (χ2n) is 4.42. The van der Waals surface area contributed by atoms with Crippen molar-refractivity contribution in [2.24, 2.45) is 0 Å². The van der Waals surface area contributed by atoms with Crippen molar-refractivity contribution < 1.29 is 14.8 Å². The van der Waals surface area contributed by atoms with Crippen LogP contribution in [-0.2, 0) is 0 Å². The quantitative estimate of drug-likeness (QED) is 0.664. The molecule has 6 nitrogen and oxygen atoms in total. The van der Waals surface area contributed by atoms with Crippen LogP contribution in [0.5, 0.6) is 0 Å². The molecule has 19 heavy (non-hydrogen) atoms. The van der Waals surface area contributed by atoms with Gasteiger partial charge in [-0.15, -0.1) is 0 Å². The van der Waals surface area contributed by atoms with Gasteiger partial charge in [-0.3, -0.25) is 14.9 Å². The van der Waals surface area contributed by atoms with E-state index in [9.17, 15) is 20.0 Å². The molecule has 0 aliphatic carbocycles. The Labute approximate surface area is 118 Å². The Hall–Kier alpha value is -1.47. The van der Waals surface area contributed by atoms with Gasteiger partial charge in [-0.2, -0.15) is 0 Å². The summed E-state index contributed by atoms with van der Waals surface area (Å²) in [6.45, 7) is 0.935. The Morgan fingerprint density at radius 3 is 2.63 bits per heavy atom. The summed E-state index contributed by atoms with van der Waals surface area (Å²) in [4.78, 5) is 24.2. The number of carbonyl (C=O) groups is 1. The molecule has 1 heterocycles. The molecule has 1 aliphatic heterocycles. The van der Waals surface area contributed by atoms with Crippen LogP contribution in [0, 0.1) is 10.1 Å². The topological polar surface area (TPSA) is 83.7 Å². The molecule has 1 fully saturated rings. The van der Waals surface area contributed by atoms with E-state index in [1.165, 1.54) is 12.1 Å². The molecule has 0 aromatic heterocycles. The lowest BCUT2D eigenvalue weighted by molar-refractivity contribution is -0.385. The van der Waals surface area contributed by atoms with Crippen LogP contribution in [0.4, 0.5) is 5.69 Å². The molecule has 102 valence electrons. The number of hydrogen-bond acceptors (Lipinski definition) is 4. The van der Waals surface area contributed by atoms with E-state index in [1.54, 1.807) is 11.0 Å². The van der Waals surface area contributed by atoms with Crippen molar-refractivity contribution in [2.45, 2.75) is 18.9 Å². The smallest absolute Gasteiger partial charge is 0.284 e. The van der Waals surface area contributed by atoms with Gasteiger partial charge < -0.3 is 10.0 Å². The van der Waals surface area contributed by atoms with Crippen molar-refractivity contribution in [3.8, 4) is 0 Å². The second kappa shape index (κ2) is 5.66. The predicted octanol–water partition coefficient (Wildman–Crippen LogP) is 1.95. The van der Waals surface area contributed by atoms with Gasteiger partial charge >= 0.3 is 0 Å². The lowest BCUT2D eigenvalue weighted by Gasteiger charge is -2.29. The number of amides is 1. The van der Waals surface area contributed by atoms with Gasteiger partial charge in [0.1, 0.15) is 4.47 Å². The van der Waals surface area contributed by atoms with Crippen molar-refractivity contribution in [2.75, 3.05) is 13.1 Å². The number of halogens is 1. The van der Waals surface area contributed by atoms with Gasteiger partial charge in [0, 0.05) is 19.2 Å². The monoisotopic (exact) mass is 328 g/mol. The maximum absolute atomic E-state index is 12.3. The van der Waals surface area contributed by atoms with Gasteiger partial charge in [0.15, 0.2) is 0 Å². The molecular formula is C12H13BrN2O4. The number of nitro benzene ring substituents is 1. The summed E-state index contributed by atoms with van der Waals surface area (Å²) in [7, 11) is 0. The van der Waals surface area contributed by atoms with Crippen LogP contribution in [-0.4, -0.2) is 40.0 Å².